The minimum atomic E-state index is -0.428. The van der Waals surface area contributed by atoms with Gasteiger partial charge in [-0.15, -0.1) is 0 Å². The number of Topliss-reactive ketones (excluding diaryl/α,β-unsaturated/α-hetero) is 1. The van der Waals surface area contributed by atoms with Gasteiger partial charge in [0.1, 0.15) is 0 Å². The monoisotopic (exact) mass is 521 g/mol. The van der Waals surface area contributed by atoms with Crippen molar-refractivity contribution in [1.82, 2.24) is 14.7 Å². The van der Waals surface area contributed by atoms with Gasteiger partial charge in [-0.1, -0.05) is 13.0 Å². The zero-order valence-corrected chi connectivity index (χ0v) is 22.5. The molecule has 1 spiro atoms. The molecule has 38 heavy (non-hydrogen) atoms. The number of aromatic nitrogens is 2. The van der Waals surface area contributed by atoms with Crippen LogP contribution >= 0.6 is 0 Å². The average Bonchev–Trinajstić information content (AvgIpc) is 3.24. The number of amides is 1. The Kier molecular flexibility index (Phi) is 8.27. The molecular formula is C30H39N3O5. The van der Waals surface area contributed by atoms with Crippen molar-refractivity contribution in [3.8, 4) is 0 Å². The fourth-order valence-electron chi connectivity index (χ4n) is 6.19. The van der Waals surface area contributed by atoms with Crippen LogP contribution in [-0.2, 0) is 28.9 Å². The molecule has 2 aliphatic heterocycles. The van der Waals surface area contributed by atoms with Crippen LogP contribution in [0.15, 0.2) is 24.3 Å². The number of ether oxygens (including phenoxy) is 2. The number of esters is 1. The normalized spacial score (nSPS) is 19.2. The minimum Gasteiger partial charge on any atom is -0.462 e. The second-order valence-electron chi connectivity index (χ2n) is 11.0. The topological polar surface area (TPSA) is 90.7 Å². The molecule has 0 bridgehead atoms. The Morgan fingerprint density at radius 1 is 1.08 bits per heavy atom. The lowest BCUT2D eigenvalue weighted by Crippen LogP contribution is -2.35. The van der Waals surface area contributed by atoms with E-state index < -0.39 is 5.97 Å². The van der Waals surface area contributed by atoms with Crippen LogP contribution in [0.4, 0.5) is 0 Å². The van der Waals surface area contributed by atoms with Crippen LogP contribution in [0.25, 0.3) is 0 Å². The fourth-order valence-corrected chi connectivity index (χ4v) is 6.19. The number of likely N-dealkylation sites (tertiary alicyclic amines) is 1. The smallest absolute Gasteiger partial charge is 0.338 e. The van der Waals surface area contributed by atoms with Crippen LogP contribution in [0.5, 0.6) is 0 Å². The van der Waals surface area contributed by atoms with Gasteiger partial charge in [0.2, 0.25) is 0 Å². The molecule has 0 saturated carbocycles. The lowest BCUT2D eigenvalue weighted by Gasteiger charge is -2.36. The molecule has 8 nitrogen and oxygen atoms in total. The Labute approximate surface area is 224 Å². The summed E-state index contributed by atoms with van der Waals surface area (Å²) in [6, 6.07) is 6.82. The molecule has 8 heteroatoms. The van der Waals surface area contributed by atoms with Gasteiger partial charge in [-0.05, 0) is 75.0 Å². The number of aryl methyl sites for hydroxylation is 2. The number of rotatable bonds is 7. The Balaban J connectivity index is 1.21. The maximum Gasteiger partial charge on any atom is 0.338 e. The summed E-state index contributed by atoms with van der Waals surface area (Å²) in [6.45, 7) is 5.91. The highest BCUT2D eigenvalue weighted by Crippen LogP contribution is 2.42. The first kappa shape index (κ1) is 26.6. The summed E-state index contributed by atoms with van der Waals surface area (Å²) >= 11 is 0. The van der Waals surface area contributed by atoms with Crippen molar-refractivity contribution in [2.45, 2.75) is 77.7 Å². The number of hydrogen-bond donors (Lipinski definition) is 0. The van der Waals surface area contributed by atoms with Gasteiger partial charge in [0.25, 0.3) is 5.91 Å². The van der Waals surface area contributed by atoms with Gasteiger partial charge >= 0.3 is 5.97 Å². The zero-order valence-electron chi connectivity index (χ0n) is 22.5. The van der Waals surface area contributed by atoms with Crippen molar-refractivity contribution >= 4 is 17.7 Å². The average molecular weight is 522 g/mol. The summed E-state index contributed by atoms with van der Waals surface area (Å²) in [5.74, 6) is -0.248. The van der Waals surface area contributed by atoms with Crippen molar-refractivity contribution in [3.63, 3.8) is 0 Å². The van der Waals surface area contributed by atoms with Crippen LogP contribution in [0.3, 0.4) is 0 Å². The zero-order chi connectivity index (χ0) is 26.5. The van der Waals surface area contributed by atoms with Crippen molar-refractivity contribution in [3.05, 3.63) is 52.3 Å². The summed E-state index contributed by atoms with van der Waals surface area (Å²) < 4.78 is 13.2. The number of ketones is 1. The first-order valence-corrected chi connectivity index (χ1v) is 14.3. The van der Waals surface area contributed by atoms with Crippen molar-refractivity contribution < 1.29 is 23.9 Å². The minimum absolute atomic E-state index is 0.0256. The SMILES string of the molecule is CCc1nn(CCCOC(=O)c2cccc(C(=O)N3CCCCC3)c2)c2c1C(=O)CCC1(CCOCC1)C2. The Morgan fingerprint density at radius 2 is 1.84 bits per heavy atom. The summed E-state index contributed by atoms with van der Waals surface area (Å²) in [5, 5.41) is 4.81. The molecule has 2 fully saturated rings. The molecule has 204 valence electrons. The summed E-state index contributed by atoms with van der Waals surface area (Å²) in [6.07, 6.45) is 8.80. The van der Waals surface area contributed by atoms with E-state index in [0.29, 0.717) is 30.5 Å². The van der Waals surface area contributed by atoms with Crippen molar-refractivity contribution in [1.29, 1.82) is 0 Å². The van der Waals surface area contributed by atoms with Crippen LogP contribution < -0.4 is 0 Å². The van der Waals surface area contributed by atoms with E-state index in [4.69, 9.17) is 14.6 Å². The van der Waals surface area contributed by atoms with E-state index in [2.05, 4.69) is 0 Å². The number of carbonyl (C=O) groups excluding carboxylic acids is 3. The molecule has 0 atom stereocenters. The molecule has 1 amide bonds. The predicted molar refractivity (Wildman–Crippen MR) is 142 cm³/mol. The first-order valence-electron chi connectivity index (χ1n) is 14.3. The molecule has 2 saturated heterocycles. The number of benzene rings is 1. The molecule has 2 aromatic rings. The summed E-state index contributed by atoms with van der Waals surface area (Å²) in [7, 11) is 0. The molecule has 5 rings (SSSR count). The molecule has 1 aromatic carbocycles. The van der Waals surface area contributed by atoms with Crippen molar-refractivity contribution in [2.75, 3.05) is 32.9 Å². The van der Waals surface area contributed by atoms with E-state index in [0.717, 1.165) is 94.6 Å². The van der Waals surface area contributed by atoms with Gasteiger partial charge in [-0.25, -0.2) is 4.79 Å². The lowest BCUT2D eigenvalue weighted by molar-refractivity contribution is 0.00962. The highest BCUT2D eigenvalue weighted by molar-refractivity contribution is 5.99. The quantitative estimate of drug-likeness (QED) is 0.390. The molecule has 0 N–H and O–H groups in total. The van der Waals surface area contributed by atoms with E-state index in [1.165, 1.54) is 0 Å². The maximum absolute atomic E-state index is 13.1. The van der Waals surface area contributed by atoms with Gasteiger partial charge in [0, 0.05) is 51.3 Å². The molecule has 0 radical (unpaired) electrons. The first-order chi connectivity index (χ1) is 18.5. The van der Waals surface area contributed by atoms with E-state index in [9.17, 15) is 14.4 Å². The standard InChI is InChI=1S/C30H39N3O5/c1-2-24-27-25(21-30(11-10-26(27)34)12-18-37-19-13-30)33(31-24)16-7-17-38-29(36)23-9-6-8-22(20-23)28(35)32-14-4-3-5-15-32/h6,8-9,20H,2-5,7,10-19,21H2,1H3. The second kappa shape index (κ2) is 11.8. The summed E-state index contributed by atoms with van der Waals surface area (Å²) in [5.41, 5.74) is 3.76. The van der Waals surface area contributed by atoms with Crippen LogP contribution in [0, 0.1) is 5.41 Å². The molecule has 1 aliphatic carbocycles. The predicted octanol–water partition coefficient (Wildman–Crippen LogP) is 4.63. The van der Waals surface area contributed by atoms with Crippen molar-refractivity contribution in [2.24, 2.45) is 5.41 Å². The Hall–Kier alpha value is -3.00. The molecule has 1 aromatic heterocycles. The Bertz CT molecular complexity index is 1170. The summed E-state index contributed by atoms with van der Waals surface area (Å²) in [4.78, 5) is 40.5. The van der Waals surface area contributed by atoms with Gasteiger partial charge in [0.05, 0.1) is 29.1 Å². The second-order valence-corrected chi connectivity index (χ2v) is 11.0. The number of nitrogens with zero attached hydrogens (tertiary/aromatic N) is 3. The molecular weight excluding hydrogens is 482 g/mol. The highest BCUT2D eigenvalue weighted by atomic mass is 16.5. The van der Waals surface area contributed by atoms with E-state index in [-0.39, 0.29) is 23.7 Å². The Morgan fingerprint density at radius 3 is 2.61 bits per heavy atom. The van der Waals surface area contributed by atoms with E-state index in [1.807, 2.05) is 16.5 Å². The van der Waals surface area contributed by atoms with Gasteiger partial charge in [0.15, 0.2) is 5.78 Å². The van der Waals surface area contributed by atoms with Gasteiger partial charge < -0.3 is 14.4 Å². The van der Waals surface area contributed by atoms with E-state index in [1.54, 1.807) is 24.3 Å². The third kappa shape index (κ3) is 5.70. The van der Waals surface area contributed by atoms with Gasteiger partial charge in [-0.3, -0.25) is 14.3 Å². The third-order valence-corrected chi connectivity index (χ3v) is 8.46. The number of carbonyl (C=O) groups is 3. The largest absolute Gasteiger partial charge is 0.462 e. The number of piperidine rings is 1. The van der Waals surface area contributed by atoms with Crippen LogP contribution in [-0.4, -0.2) is 65.3 Å². The molecule has 3 heterocycles. The maximum atomic E-state index is 13.1. The lowest BCUT2D eigenvalue weighted by atomic mass is 9.74. The highest BCUT2D eigenvalue weighted by Gasteiger charge is 2.39. The number of fused-ring (bicyclic) bond motifs is 1. The number of hydrogen-bond acceptors (Lipinski definition) is 6. The van der Waals surface area contributed by atoms with Gasteiger partial charge in [-0.2, -0.15) is 5.10 Å². The third-order valence-electron chi connectivity index (χ3n) is 8.46. The molecule has 0 unspecified atom stereocenters. The fraction of sp³-hybridized carbons (Fsp3) is 0.600. The van der Waals surface area contributed by atoms with Crippen LogP contribution in [0.1, 0.15) is 101 Å². The van der Waals surface area contributed by atoms with Crippen LogP contribution in [0.2, 0.25) is 0 Å². The van der Waals surface area contributed by atoms with E-state index >= 15 is 0 Å². The molecule has 3 aliphatic rings.